The number of pyridine rings is 1. The molecule has 2 aromatic carbocycles. The Labute approximate surface area is 125 Å². The first kappa shape index (κ1) is 12.6. The van der Waals surface area contributed by atoms with E-state index in [0.717, 1.165) is 15.8 Å². The van der Waals surface area contributed by atoms with Crippen molar-refractivity contribution in [2.45, 2.75) is 0 Å². The van der Waals surface area contributed by atoms with Gasteiger partial charge in [-0.05, 0) is 47.2 Å². The molecule has 0 fully saturated rings. The van der Waals surface area contributed by atoms with Crippen LogP contribution in [-0.4, -0.2) is 4.98 Å². The first-order valence-corrected chi connectivity index (χ1v) is 6.86. The van der Waals surface area contributed by atoms with E-state index in [1.54, 1.807) is 12.3 Å². The van der Waals surface area contributed by atoms with Crippen molar-refractivity contribution in [1.82, 2.24) is 4.98 Å². The summed E-state index contributed by atoms with van der Waals surface area (Å²) >= 11 is 3.47. The number of hydrogen-bond donors (Lipinski definition) is 1. The van der Waals surface area contributed by atoms with E-state index in [1.807, 2.05) is 24.3 Å². The molecule has 0 atom stereocenters. The molecular weight excluding hydrogens is 314 g/mol. The van der Waals surface area contributed by atoms with Crippen molar-refractivity contribution < 1.29 is 0 Å². The van der Waals surface area contributed by atoms with Gasteiger partial charge in [0.25, 0.3) is 0 Å². The number of nitrogens with zero attached hydrogens (tertiary/aromatic N) is 2. The summed E-state index contributed by atoms with van der Waals surface area (Å²) < 4.78 is 1.07. The Morgan fingerprint density at radius 2 is 1.70 bits per heavy atom. The second-order valence-corrected chi connectivity index (χ2v) is 5.29. The molecule has 0 unspecified atom stereocenters. The zero-order chi connectivity index (χ0) is 13.9. The maximum Gasteiger partial charge on any atom is 0.140 e. The van der Waals surface area contributed by atoms with Crippen molar-refractivity contribution in [2.75, 3.05) is 5.32 Å². The molecule has 1 N–H and O–H groups in total. The molecule has 0 aliphatic carbocycles. The lowest BCUT2D eigenvalue weighted by Gasteiger charge is -2.07. The van der Waals surface area contributed by atoms with Gasteiger partial charge in [0.1, 0.15) is 11.8 Å². The molecule has 0 amide bonds. The fourth-order valence-electron chi connectivity index (χ4n) is 1.99. The van der Waals surface area contributed by atoms with Crippen LogP contribution in [0, 0.1) is 11.3 Å². The zero-order valence-corrected chi connectivity index (χ0v) is 12.1. The molecule has 0 saturated carbocycles. The molecule has 96 valence electrons. The predicted octanol–water partition coefficient (Wildman–Crippen LogP) is 4.61. The molecule has 1 aromatic heterocycles. The van der Waals surface area contributed by atoms with Crippen LogP contribution in [0.4, 0.5) is 11.4 Å². The maximum atomic E-state index is 8.72. The number of fused-ring (bicyclic) bond motifs is 1. The third-order valence-corrected chi connectivity index (χ3v) is 3.46. The summed E-state index contributed by atoms with van der Waals surface area (Å²) in [5.41, 5.74) is 2.27. The lowest BCUT2D eigenvalue weighted by molar-refractivity contribution is 1.26. The smallest absolute Gasteiger partial charge is 0.140 e. The van der Waals surface area contributed by atoms with Crippen LogP contribution < -0.4 is 5.32 Å². The number of anilines is 2. The van der Waals surface area contributed by atoms with E-state index in [2.05, 4.69) is 50.5 Å². The number of rotatable bonds is 2. The van der Waals surface area contributed by atoms with E-state index in [9.17, 15) is 0 Å². The van der Waals surface area contributed by atoms with Gasteiger partial charge in [-0.25, -0.2) is 4.98 Å². The van der Waals surface area contributed by atoms with Crippen molar-refractivity contribution in [3.63, 3.8) is 0 Å². The second kappa shape index (κ2) is 5.32. The van der Waals surface area contributed by atoms with Gasteiger partial charge >= 0.3 is 0 Å². The highest BCUT2D eigenvalue weighted by molar-refractivity contribution is 9.10. The van der Waals surface area contributed by atoms with Gasteiger partial charge in [0.15, 0.2) is 0 Å². The van der Waals surface area contributed by atoms with E-state index in [-0.39, 0.29) is 0 Å². The molecule has 20 heavy (non-hydrogen) atoms. The van der Waals surface area contributed by atoms with Crippen LogP contribution in [0.15, 0.2) is 59.2 Å². The van der Waals surface area contributed by atoms with Gasteiger partial charge in [0.05, 0.1) is 11.9 Å². The number of benzene rings is 2. The van der Waals surface area contributed by atoms with Gasteiger partial charge < -0.3 is 5.32 Å². The van der Waals surface area contributed by atoms with Crippen LogP contribution in [0.3, 0.4) is 0 Å². The highest BCUT2D eigenvalue weighted by Gasteiger charge is 1.99. The summed E-state index contributed by atoms with van der Waals surface area (Å²) in [5, 5.41) is 14.4. The Hall–Kier alpha value is -2.38. The molecule has 0 aliphatic heterocycles. The van der Waals surface area contributed by atoms with Crippen LogP contribution in [0.2, 0.25) is 0 Å². The van der Waals surface area contributed by atoms with E-state index >= 15 is 0 Å². The number of nitrogens with one attached hydrogen (secondary N) is 1. The van der Waals surface area contributed by atoms with Crippen molar-refractivity contribution in [2.24, 2.45) is 0 Å². The Balaban J connectivity index is 1.90. The molecule has 0 aliphatic rings. The molecule has 0 spiro atoms. The number of hydrogen-bond acceptors (Lipinski definition) is 3. The minimum atomic E-state index is 0.416. The van der Waals surface area contributed by atoms with Crippen LogP contribution in [0.1, 0.15) is 5.69 Å². The summed E-state index contributed by atoms with van der Waals surface area (Å²) in [6.45, 7) is 0. The minimum Gasteiger partial charge on any atom is -0.354 e. The van der Waals surface area contributed by atoms with Gasteiger partial charge in [-0.3, -0.25) is 0 Å². The van der Waals surface area contributed by atoms with Crippen molar-refractivity contribution in [1.29, 1.82) is 5.26 Å². The van der Waals surface area contributed by atoms with Crippen molar-refractivity contribution >= 4 is 38.1 Å². The van der Waals surface area contributed by atoms with Crippen LogP contribution in [0.5, 0.6) is 0 Å². The monoisotopic (exact) mass is 323 g/mol. The van der Waals surface area contributed by atoms with Crippen LogP contribution >= 0.6 is 15.9 Å². The Bertz CT molecular complexity index is 804. The normalized spacial score (nSPS) is 10.2. The Kier molecular flexibility index (Phi) is 3.36. The van der Waals surface area contributed by atoms with E-state index in [4.69, 9.17) is 5.26 Å². The van der Waals surface area contributed by atoms with Crippen molar-refractivity contribution in [3.8, 4) is 6.07 Å². The zero-order valence-electron chi connectivity index (χ0n) is 10.5. The fraction of sp³-hybridized carbons (Fsp3) is 0. The van der Waals surface area contributed by atoms with Crippen LogP contribution in [0.25, 0.3) is 10.8 Å². The topological polar surface area (TPSA) is 48.7 Å². The molecule has 3 rings (SSSR count). The number of nitriles is 1. The molecule has 3 aromatic rings. The first-order chi connectivity index (χ1) is 9.74. The quantitative estimate of drug-likeness (QED) is 0.749. The van der Waals surface area contributed by atoms with Crippen molar-refractivity contribution in [3.05, 3.63) is 64.9 Å². The third-order valence-electron chi connectivity index (χ3n) is 2.97. The maximum absolute atomic E-state index is 8.72. The van der Waals surface area contributed by atoms with E-state index < -0.39 is 0 Å². The number of aromatic nitrogens is 1. The lowest BCUT2D eigenvalue weighted by atomic mass is 10.1. The van der Waals surface area contributed by atoms with Gasteiger partial charge in [-0.1, -0.05) is 28.1 Å². The summed E-state index contributed by atoms with van der Waals surface area (Å²) in [6, 6.07) is 17.9. The summed E-state index contributed by atoms with van der Waals surface area (Å²) in [7, 11) is 0. The molecule has 1 heterocycles. The van der Waals surface area contributed by atoms with Gasteiger partial charge in [0.2, 0.25) is 0 Å². The highest BCUT2D eigenvalue weighted by atomic mass is 79.9. The Morgan fingerprint density at radius 1 is 0.950 bits per heavy atom. The standard InChI is InChI=1S/C16H10BrN3/c17-13-3-1-12-8-14(4-2-11(12)7-13)20-16-6-5-15(9-18)19-10-16/h1-8,10,20H. The summed E-state index contributed by atoms with van der Waals surface area (Å²) in [4.78, 5) is 4.04. The fourth-order valence-corrected chi connectivity index (χ4v) is 2.37. The molecular formula is C16H10BrN3. The van der Waals surface area contributed by atoms with Gasteiger partial charge in [-0.2, -0.15) is 5.26 Å². The van der Waals surface area contributed by atoms with E-state index in [0.29, 0.717) is 5.69 Å². The van der Waals surface area contributed by atoms with E-state index in [1.165, 1.54) is 10.8 Å². The molecule has 0 bridgehead atoms. The summed E-state index contributed by atoms with van der Waals surface area (Å²) in [5.74, 6) is 0. The average molecular weight is 324 g/mol. The first-order valence-electron chi connectivity index (χ1n) is 6.07. The summed E-state index contributed by atoms with van der Waals surface area (Å²) in [6.07, 6.45) is 1.66. The second-order valence-electron chi connectivity index (χ2n) is 4.38. The Morgan fingerprint density at radius 3 is 2.45 bits per heavy atom. The van der Waals surface area contributed by atoms with Gasteiger partial charge in [-0.15, -0.1) is 0 Å². The predicted molar refractivity (Wildman–Crippen MR) is 83.9 cm³/mol. The molecule has 4 heteroatoms. The average Bonchev–Trinajstić information content (AvgIpc) is 2.48. The molecule has 3 nitrogen and oxygen atoms in total. The molecule has 0 radical (unpaired) electrons. The highest BCUT2D eigenvalue weighted by Crippen LogP contribution is 2.24. The lowest BCUT2D eigenvalue weighted by Crippen LogP contribution is -1.92. The SMILES string of the molecule is N#Cc1ccc(Nc2ccc3cc(Br)ccc3c2)cn1. The molecule has 0 saturated heterocycles. The number of halogens is 1. The largest absolute Gasteiger partial charge is 0.354 e. The third kappa shape index (κ3) is 2.63. The van der Waals surface area contributed by atoms with Gasteiger partial charge in [0, 0.05) is 10.2 Å². The van der Waals surface area contributed by atoms with Crippen LogP contribution in [-0.2, 0) is 0 Å². The minimum absolute atomic E-state index is 0.416.